The van der Waals surface area contributed by atoms with Crippen LogP contribution in [0.5, 0.6) is 0 Å². The summed E-state index contributed by atoms with van der Waals surface area (Å²) in [6.07, 6.45) is -0.734. The van der Waals surface area contributed by atoms with Gasteiger partial charge in [-0.15, -0.1) is 0 Å². The topological polar surface area (TPSA) is 71.9 Å². The summed E-state index contributed by atoms with van der Waals surface area (Å²) in [5, 5.41) is 9.16. The lowest BCUT2D eigenvalue weighted by Crippen LogP contribution is -2.53. The van der Waals surface area contributed by atoms with Crippen molar-refractivity contribution in [3.05, 3.63) is 29.5 Å². The number of alkyl halides is 4. The Bertz CT molecular complexity index is 1140. The zero-order valence-corrected chi connectivity index (χ0v) is 22.5. The Kier molecular flexibility index (Phi) is 8.02. The number of halogens is 4. The number of aromatic nitrogens is 3. The molecule has 5 rings (SSSR count). The third-order valence-electron chi connectivity index (χ3n) is 8.10. The van der Waals surface area contributed by atoms with Crippen LogP contribution in [0.25, 0.3) is 0 Å². The van der Waals surface area contributed by atoms with E-state index in [1.807, 2.05) is 13.0 Å². The van der Waals surface area contributed by atoms with Crippen LogP contribution in [0.2, 0.25) is 0 Å². The molecule has 0 bridgehead atoms. The van der Waals surface area contributed by atoms with Gasteiger partial charge in [-0.2, -0.15) is 23.1 Å². The predicted octanol–water partition coefficient (Wildman–Crippen LogP) is 4.07. The molecule has 2 aromatic heterocycles. The normalized spacial score (nSPS) is 23.2. The molecular formula is C27H37F4N7O. The third kappa shape index (κ3) is 6.00. The highest BCUT2D eigenvalue weighted by molar-refractivity contribution is 5.58. The van der Waals surface area contributed by atoms with E-state index in [2.05, 4.69) is 26.6 Å². The first-order chi connectivity index (χ1) is 18.6. The van der Waals surface area contributed by atoms with Crippen molar-refractivity contribution in [1.82, 2.24) is 15.0 Å². The van der Waals surface area contributed by atoms with Crippen LogP contribution < -0.4 is 19.6 Å². The van der Waals surface area contributed by atoms with Crippen LogP contribution in [0.3, 0.4) is 0 Å². The number of aliphatic hydroxyl groups excluding tert-OH is 1. The van der Waals surface area contributed by atoms with E-state index in [4.69, 9.17) is 15.1 Å². The van der Waals surface area contributed by atoms with Crippen LogP contribution in [0, 0.1) is 0 Å². The Morgan fingerprint density at radius 3 is 2.28 bits per heavy atom. The second-order valence-electron chi connectivity index (χ2n) is 10.9. The molecule has 0 amide bonds. The number of piperidine rings is 1. The molecule has 2 unspecified atom stereocenters. The van der Waals surface area contributed by atoms with Crippen molar-refractivity contribution in [2.45, 2.75) is 70.4 Å². The molecule has 2 atom stereocenters. The van der Waals surface area contributed by atoms with Gasteiger partial charge in [0.15, 0.2) is 0 Å². The molecule has 5 heterocycles. The van der Waals surface area contributed by atoms with Gasteiger partial charge in [-0.05, 0) is 57.6 Å². The van der Waals surface area contributed by atoms with Gasteiger partial charge in [0.25, 0.3) is 0 Å². The standard InChI is InChI=1S/C27H37F4N7O/c1-18-4-3-8-38(18)26-33-23(35-9-5-21(28)6-10-35)15-24(34-26)37-12-11-36(17-19(37)2)25-22(27(29,30)31)14-20(7-13-39)16-32-25/h14-16,18-19,21,39H,3-13,17H2,1-2H3. The van der Waals surface area contributed by atoms with Crippen LogP contribution in [-0.2, 0) is 12.6 Å². The minimum absolute atomic E-state index is 0.0836. The van der Waals surface area contributed by atoms with E-state index in [1.54, 1.807) is 4.90 Å². The number of nitrogens with zero attached hydrogens (tertiary/aromatic N) is 7. The number of hydrogen-bond acceptors (Lipinski definition) is 8. The molecule has 8 nitrogen and oxygen atoms in total. The molecule has 3 aliphatic rings. The van der Waals surface area contributed by atoms with Crippen molar-refractivity contribution < 1.29 is 22.7 Å². The van der Waals surface area contributed by atoms with Crippen LogP contribution in [0.4, 0.5) is 41.0 Å². The molecule has 0 aliphatic carbocycles. The monoisotopic (exact) mass is 551 g/mol. The van der Waals surface area contributed by atoms with Crippen LogP contribution in [0.15, 0.2) is 18.3 Å². The van der Waals surface area contributed by atoms with Gasteiger partial charge < -0.3 is 24.7 Å². The second kappa shape index (κ2) is 11.3. The molecule has 214 valence electrons. The molecule has 1 N–H and O–H groups in total. The predicted molar refractivity (Wildman–Crippen MR) is 143 cm³/mol. The van der Waals surface area contributed by atoms with E-state index < -0.39 is 17.9 Å². The number of anilines is 4. The maximum Gasteiger partial charge on any atom is 0.419 e. The van der Waals surface area contributed by atoms with Gasteiger partial charge >= 0.3 is 6.18 Å². The second-order valence-corrected chi connectivity index (χ2v) is 10.9. The fraction of sp³-hybridized carbons (Fsp3) is 0.667. The first kappa shape index (κ1) is 27.7. The molecular weight excluding hydrogens is 514 g/mol. The lowest BCUT2D eigenvalue weighted by Gasteiger charge is -2.42. The summed E-state index contributed by atoms with van der Waals surface area (Å²) in [4.78, 5) is 22.1. The third-order valence-corrected chi connectivity index (χ3v) is 8.10. The van der Waals surface area contributed by atoms with Gasteiger partial charge in [-0.3, -0.25) is 0 Å². The molecule has 3 fully saturated rings. The highest BCUT2D eigenvalue weighted by Crippen LogP contribution is 2.37. The zero-order valence-electron chi connectivity index (χ0n) is 22.5. The Labute approximate surface area is 226 Å². The molecule has 3 aliphatic heterocycles. The van der Waals surface area contributed by atoms with Gasteiger partial charge in [0, 0.05) is 70.2 Å². The molecule has 0 saturated carbocycles. The van der Waals surface area contributed by atoms with Crippen molar-refractivity contribution in [3.63, 3.8) is 0 Å². The summed E-state index contributed by atoms with van der Waals surface area (Å²) in [7, 11) is 0. The summed E-state index contributed by atoms with van der Waals surface area (Å²) in [6, 6.07) is 3.22. The SMILES string of the molecule is CC1CN(c2ncc(CCO)cc2C(F)(F)F)CCN1c1cc(N2CCC(F)CC2)nc(N2CCCC2C)n1. The summed E-state index contributed by atoms with van der Waals surface area (Å²) in [6.45, 7) is 7.12. The van der Waals surface area contributed by atoms with E-state index in [1.165, 1.54) is 6.20 Å². The van der Waals surface area contributed by atoms with Crippen molar-refractivity contribution in [2.75, 3.05) is 65.5 Å². The number of piperazine rings is 1. The number of hydrogen-bond donors (Lipinski definition) is 1. The summed E-state index contributed by atoms with van der Waals surface area (Å²) >= 11 is 0. The zero-order chi connectivity index (χ0) is 27.7. The average Bonchev–Trinajstić information content (AvgIpc) is 3.34. The van der Waals surface area contributed by atoms with Crippen molar-refractivity contribution >= 4 is 23.4 Å². The summed E-state index contributed by atoms with van der Waals surface area (Å²) < 4.78 is 55.7. The maximum absolute atomic E-state index is 13.9. The average molecular weight is 552 g/mol. The van der Waals surface area contributed by atoms with E-state index in [-0.39, 0.29) is 24.9 Å². The first-order valence-corrected chi connectivity index (χ1v) is 13.9. The Balaban J connectivity index is 1.41. The lowest BCUT2D eigenvalue weighted by molar-refractivity contribution is -0.137. The first-order valence-electron chi connectivity index (χ1n) is 13.9. The van der Waals surface area contributed by atoms with Gasteiger partial charge in [0.2, 0.25) is 5.95 Å². The van der Waals surface area contributed by atoms with Gasteiger partial charge in [0.1, 0.15) is 23.6 Å². The fourth-order valence-electron chi connectivity index (χ4n) is 5.87. The quantitative estimate of drug-likeness (QED) is 0.539. The van der Waals surface area contributed by atoms with E-state index in [0.29, 0.717) is 63.1 Å². The van der Waals surface area contributed by atoms with Gasteiger partial charge in [-0.25, -0.2) is 9.37 Å². The van der Waals surface area contributed by atoms with Crippen molar-refractivity contribution in [1.29, 1.82) is 0 Å². The van der Waals surface area contributed by atoms with Crippen molar-refractivity contribution in [2.24, 2.45) is 0 Å². The summed E-state index contributed by atoms with van der Waals surface area (Å²) in [5.74, 6) is 2.09. The molecule has 12 heteroatoms. The highest BCUT2D eigenvalue weighted by Gasteiger charge is 2.38. The Morgan fingerprint density at radius 1 is 0.897 bits per heavy atom. The number of aliphatic hydroxyl groups is 1. The Morgan fingerprint density at radius 2 is 1.64 bits per heavy atom. The highest BCUT2D eigenvalue weighted by atomic mass is 19.4. The smallest absolute Gasteiger partial charge is 0.396 e. The molecule has 0 spiro atoms. The van der Waals surface area contributed by atoms with Crippen LogP contribution in [-0.4, -0.2) is 84.2 Å². The molecule has 39 heavy (non-hydrogen) atoms. The fourth-order valence-corrected chi connectivity index (χ4v) is 5.87. The van der Waals surface area contributed by atoms with E-state index in [0.717, 1.165) is 37.1 Å². The van der Waals surface area contributed by atoms with Crippen molar-refractivity contribution in [3.8, 4) is 0 Å². The van der Waals surface area contributed by atoms with Crippen LogP contribution >= 0.6 is 0 Å². The van der Waals surface area contributed by atoms with Gasteiger partial charge in [-0.1, -0.05) is 0 Å². The minimum Gasteiger partial charge on any atom is -0.396 e. The largest absolute Gasteiger partial charge is 0.419 e. The summed E-state index contributed by atoms with van der Waals surface area (Å²) in [5.41, 5.74) is -0.422. The Hall–Kier alpha value is -2.89. The van der Waals surface area contributed by atoms with Crippen LogP contribution in [0.1, 0.15) is 50.7 Å². The minimum atomic E-state index is -4.55. The lowest BCUT2D eigenvalue weighted by atomic mass is 10.1. The number of pyridine rings is 1. The van der Waals surface area contributed by atoms with E-state index >= 15 is 0 Å². The molecule has 3 saturated heterocycles. The molecule has 0 aromatic carbocycles. The van der Waals surface area contributed by atoms with E-state index in [9.17, 15) is 17.6 Å². The maximum atomic E-state index is 13.9. The van der Waals surface area contributed by atoms with Gasteiger partial charge in [0.05, 0.1) is 5.56 Å². The molecule has 0 radical (unpaired) electrons. The number of rotatable bonds is 6. The molecule has 2 aromatic rings.